The number of carbonyl (C=O) groups excluding carboxylic acids is 1. The molecule has 25 heavy (non-hydrogen) atoms. The number of carbonyl (C=O) groups is 2. The molecule has 0 fully saturated rings. The van der Waals surface area contributed by atoms with E-state index in [4.69, 9.17) is 5.11 Å². The van der Waals surface area contributed by atoms with Crippen LogP contribution >= 0.6 is 0 Å². The highest BCUT2D eigenvalue weighted by molar-refractivity contribution is 6.09. The standard InChI is InChI=1S/C19H16N2O4/c1-11-7-13(8-12(2)17(11)22)9-15(10-20)18(23)21-16-5-3-14(4-6-16)19(24)25/h3-9,22H,1-2H3,(H,21,23)(H,24,25)/b15-9+. The number of carboxylic acid groups (broad SMARTS) is 1. The van der Waals surface area contributed by atoms with Gasteiger partial charge in [-0.25, -0.2) is 4.79 Å². The summed E-state index contributed by atoms with van der Waals surface area (Å²) in [4.78, 5) is 23.0. The van der Waals surface area contributed by atoms with E-state index < -0.39 is 11.9 Å². The summed E-state index contributed by atoms with van der Waals surface area (Å²) >= 11 is 0. The molecule has 0 atom stereocenters. The number of nitrogens with zero attached hydrogens (tertiary/aromatic N) is 1. The molecular weight excluding hydrogens is 320 g/mol. The van der Waals surface area contributed by atoms with E-state index >= 15 is 0 Å². The summed E-state index contributed by atoms with van der Waals surface area (Å²) < 4.78 is 0. The highest BCUT2D eigenvalue weighted by atomic mass is 16.4. The lowest BCUT2D eigenvalue weighted by Gasteiger charge is -2.07. The topological polar surface area (TPSA) is 110 Å². The van der Waals surface area contributed by atoms with Crippen LogP contribution < -0.4 is 5.32 Å². The van der Waals surface area contributed by atoms with Crippen molar-refractivity contribution in [2.24, 2.45) is 0 Å². The largest absolute Gasteiger partial charge is 0.507 e. The fourth-order valence-electron chi connectivity index (χ4n) is 2.28. The van der Waals surface area contributed by atoms with Gasteiger partial charge in [0.25, 0.3) is 5.91 Å². The Balaban J connectivity index is 2.24. The Morgan fingerprint density at radius 3 is 2.16 bits per heavy atom. The number of hydrogen-bond donors (Lipinski definition) is 3. The molecule has 0 aliphatic heterocycles. The van der Waals surface area contributed by atoms with Crippen molar-refractivity contribution in [3.05, 3.63) is 64.2 Å². The Labute approximate surface area is 144 Å². The van der Waals surface area contributed by atoms with Crippen molar-refractivity contribution in [2.75, 3.05) is 5.32 Å². The van der Waals surface area contributed by atoms with Gasteiger partial charge in [0.2, 0.25) is 0 Å². The average Bonchev–Trinajstić information content (AvgIpc) is 2.57. The Morgan fingerprint density at radius 2 is 1.68 bits per heavy atom. The van der Waals surface area contributed by atoms with Crippen molar-refractivity contribution >= 4 is 23.6 Å². The number of hydrogen-bond acceptors (Lipinski definition) is 4. The molecule has 0 aromatic heterocycles. The molecule has 0 radical (unpaired) electrons. The fraction of sp³-hybridized carbons (Fsp3) is 0.105. The van der Waals surface area contributed by atoms with Gasteiger partial charge in [0.05, 0.1) is 5.56 Å². The summed E-state index contributed by atoms with van der Waals surface area (Å²) in [7, 11) is 0. The zero-order valence-corrected chi connectivity index (χ0v) is 13.7. The first-order valence-corrected chi connectivity index (χ1v) is 7.38. The number of nitriles is 1. The van der Waals surface area contributed by atoms with Crippen LogP contribution in [0.25, 0.3) is 6.08 Å². The van der Waals surface area contributed by atoms with Gasteiger partial charge in [0.1, 0.15) is 17.4 Å². The van der Waals surface area contributed by atoms with Crippen molar-refractivity contribution in [1.29, 1.82) is 5.26 Å². The van der Waals surface area contributed by atoms with E-state index in [0.29, 0.717) is 22.4 Å². The van der Waals surface area contributed by atoms with Crippen LogP contribution in [0.3, 0.4) is 0 Å². The molecule has 1 amide bonds. The number of amides is 1. The maximum Gasteiger partial charge on any atom is 0.335 e. The molecule has 2 rings (SSSR count). The van der Waals surface area contributed by atoms with Gasteiger partial charge >= 0.3 is 5.97 Å². The minimum atomic E-state index is -1.06. The van der Waals surface area contributed by atoms with Crippen LogP contribution in [0.15, 0.2) is 42.0 Å². The van der Waals surface area contributed by atoms with E-state index in [1.807, 2.05) is 6.07 Å². The van der Waals surface area contributed by atoms with Crippen LogP contribution in [-0.4, -0.2) is 22.1 Å². The summed E-state index contributed by atoms with van der Waals surface area (Å²) in [5.41, 5.74) is 2.30. The minimum absolute atomic E-state index is 0.101. The normalized spacial score (nSPS) is 10.8. The van der Waals surface area contributed by atoms with E-state index in [0.717, 1.165) is 0 Å². The lowest BCUT2D eigenvalue weighted by atomic mass is 10.0. The lowest BCUT2D eigenvalue weighted by molar-refractivity contribution is -0.112. The van der Waals surface area contributed by atoms with Crippen LogP contribution in [-0.2, 0) is 4.79 Å². The Kier molecular flexibility index (Phi) is 5.20. The molecule has 0 aliphatic carbocycles. The predicted molar refractivity (Wildman–Crippen MR) is 93.2 cm³/mol. The second kappa shape index (κ2) is 7.32. The van der Waals surface area contributed by atoms with Gasteiger partial charge in [-0.1, -0.05) is 0 Å². The second-order valence-electron chi connectivity index (χ2n) is 5.51. The Morgan fingerprint density at radius 1 is 1.12 bits per heavy atom. The molecule has 0 heterocycles. The summed E-state index contributed by atoms with van der Waals surface area (Å²) in [6.07, 6.45) is 1.43. The molecule has 126 valence electrons. The van der Waals surface area contributed by atoms with Crippen LogP contribution in [0.4, 0.5) is 5.69 Å². The van der Waals surface area contributed by atoms with Crippen molar-refractivity contribution in [3.63, 3.8) is 0 Å². The predicted octanol–water partition coefficient (Wildman–Crippen LogP) is 3.25. The zero-order chi connectivity index (χ0) is 18.6. The maximum atomic E-state index is 12.2. The van der Waals surface area contributed by atoms with Gasteiger partial charge in [-0.15, -0.1) is 0 Å². The van der Waals surface area contributed by atoms with E-state index in [2.05, 4.69) is 5.32 Å². The lowest BCUT2D eigenvalue weighted by Crippen LogP contribution is -2.13. The molecule has 0 saturated carbocycles. The zero-order valence-electron chi connectivity index (χ0n) is 13.7. The van der Waals surface area contributed by atoms with Gasteiger partial charge in [-0.05, 0) is 73.0 Å². The van der Waals surface area contributed by atoms with Crippen LogP contribution in [0.1, 0.15) is 27.0 Å². The number of rotatable bonds is 4. The van der Waals surface area contributed by atoms with Crippen molar-refractivity contribution < 1.29 is 19.8 Å². The van der Waals surface area contributed by atoms with E-state index in [1.54, 1.807) is 26.0 Å². The summed E-state index contributed by atoms with van der Waals surface area (Å²) in [6, 6.07) is 10.8. The smallest absolute Gasteiger partial charge is 0.335 e. The maximum absolute atomic E-state index is 12.2. The quantitative estimate of drug-likeness (QED) is 0.586. The molecule has 0 aliphatic rings. The molecule has 0 bridgehead atoms. The number of benzene rings is 2. The highest BCUT2D eigenvalue weighted by Crippen LogP contribution is 2.24. The van der Waals surface area contributed by atoms with Crippen LogP contribution in [0, 0.1) is 25.2 Å². The first-order chi connectivity index (χ1) is 11.8. The van der Waals surface area contributed by atoms with Gasteiger partial charge in [0.15, 0.2) is 0 Å². The van der Waals surface area contributed by atoms with Crippen molar-refractivity contribution in [3.8, 4) is 11.8 Å². The molecule has 3 N–H and O–H groups in total. The van der Waals surface area contributed by atoms with Gasteiger partial charge in [0, 0.05) is 5.69 Å². The molecule has 0 unspecified atom stereocenters. The molecule has 6 heteroatoms. The van der Waals surface area contributed by atoms with Crippen molar-refractivity contribution in [2.45, 2.75) is 13.8 Å². The number of aromatic carboxylic acids is 1. The molecule has 2 aromatic rings. The molecule has 0 spiro atoms. The third-order valence-corrected chi connectivity index (χ3v) is 3.58. The Hall–Kier alpha value is -3.59. The highest BCUT2D eigenvalue weighted by Gasteiger charge is 2.11. The van der Waals surface area contributed by atoms with Crippen LogP contribution in [0.2, 0.25) is 0 Å². The number of aryl methyl sites for hydroxylation is 2. The average molecular weight is 336 g/mol. The summed E-state index contributed by atoms with van der Waals surface area (Å²) in [6.45, 7) is 3.46. The third-order valence-electron chi connectivity index (χ3n) is 3.58. The third kappa shape index (κ3) is 4.24. The SMILES string of the molecule is Cc1cc(/C=C(\C#N)C(=O)Nc2ccc(C(=O)O)cc2)cc(C)c1O. The summed E-state index contributed by atoms with van der Waals surface area (Å²) in [5, 5.41) is 30.4. The van der Waals surface area contributed by atoms with E-state index in [1.165, 1.54) is 30.3 Å². The van der Waals surface area contributed by atoms with E-state index in [9.17, 15) is 20.0 Å². The summed E-state index contributed by atoms with van der Waals surface area (Å²) in [5.74, 6) is -1.49. The second-order valence-corrected chi connectivity index (χ2v) is 5.51. The molecule has 0 saturated heterocycles. The van der Waals surface area contributed by atoms with Crippen molar-refractivity contribution in [1.82, 2.24) is 0 Å². The van der Waals surface area contributed by atoms with E-state index in [-0.39, 0.29) is 16.9 Å². The Bertz CT molecular complexity index is 883. The molecular formula is C19H16N2O4. The monoisotopic (exact) mass is 336 g/mol. The number of aromatic hydroxyl groups is 1. The van der Waals surface area contributed by atoms with Gasteiger partial charge in [-0.3, -0.25) is 4.79 Å². The molecule has 6 nitrogen and oxygen atoms in total. The van der Waals surface area contributed by atoms with Gasteiger partial charge < -0.3 is 15.5 Å². The number of nitrogens with one attached hydrogen (secondary N) is 1. The van der Waals surface area contributed by atoms with Crippen LogP contribution in [0.5, 0.6) is 5.75 Å². The number of carboxylic acids is 1. The first kappa shape index (κ1) is 17.8. The first-order valence-electron chi connectivity index (χ1n) is 7.38. The minimum Gasteiger partial charge on any atom is -0.507 e. The number of phenols is 1. The van der Waals surface area contributed by atoms with Gasteiger partial charge in [-0.2, -0.15) is 5.26 Å². The number of anilines is 1. The fourth-order valence-corrected chi connectivity index (χ4v) is 2.28. The molecule has 2 aromatic carbocycles. The number of phenolic OH excluding ortho intramolecular Hbond substituents is 1.